The van der Waals surface area contributed by atoms with Gasteiger partial charge in [0.15, 0.2) is 0 Å². The molecule has 2 aromatic rings. The van der Waals surface area contributed by atoms with Crippen molar-refractivity contribution in [2.45, 2.75) is 9.79 Å². The third kappa shape index (κ3) is 3.26. The van der Waals surface area contributed by atoms with Crippen molar-refractivity contribution in [2.24, 2.45) is 0 Å². The average molecular weight is 325 g/mol. The molecule has 0 aromatic heterocycles. The summed E-state index contributed by atoms with van der Waals surface area (Å²) in [6.07, 6.45) is 0. The lowest BCUT2D eigenvalue weighted by Crippen LogP contribution is -1.79. The number of hydrogen-bond donors (Lipinski definition) is 0. The molecule has 2 aromatic carbocycles. The Balaban J connectivity index is 2.25. The lowest BCUT2D eigenvalue weighted by molar-refractivity contribution is 1.35. The number of nitriles is 1. The molecule has 0 N–H and O–H groups in total. The van der Waals surface area contributed by atoms with E-state index in [0.717, 1.165) is 19.3 Å². The van der Waals surface area contributed by atoms with E-state index in [0.29, 0.717) is 5.56 Å². The highest BCUT2D eigenvalue weighted by Crippen LogP contribution is 2.34. The Morgan fingerprint density at radius 1 is 1.12 bits per heavy atom. The van der Waals surface area contributed by atoms with Gasteiger partial charge < -0.3 is 0 Å². The lowest BCUT2D eigenvalue weighted by atomic mass is 10.2. The minimum atomic E-state index is 0.650. The molecule has 0 amide bonds. The Kier molecular flexibility index (Phi) is 4.11. The second kappa shape index (κ2) is 5.59. The molecule has 0 bridgehead atoms. The quantitative estimate of drug-likeness (QED) is 0.765. The van der Waals surface area contributed by atoms with E-state index < -0.39 is 0 Å². The van der Waals surface area contributed by atoms with Gasteiger partial charge in [-0.3, -0.25) is 0 Å². The fourth-order valence-corrected chi connectivity index (χ4v) is 2.85. The highest BCUT2D eigenvalue weighted by molar-refractivity contribution is 9.10. The average Bonchev–Trinajstić information content (AvgIpc) is 2.34. The fraction of sp³-hybridized carbons (Fsp3) is 0. The summed E-state index contributed by atoms with van der Waals surface area (Å²) in [5.74, 6) is 0. The number of nitrogens with zero attached hydrogens (tertiary/aromatic N) is 1. The van der Waals surface area contributed by atoms with Gasteiger partial charge in [-0.2, -0.15) is 5.26 Å². The molecule has 84 valence electrons. The van der Waals surface area contributed by atoms with Gasteiger partial charge in [-0.25, -0.2) is 0 Å². The molecular weight excluding hydrogens is 318 g/mol. The van der Waals surface area contributed by atoms with Crippen LogP contribution in [0.3, 0.4) is 0 Å². The highest BCUT2D eigenvalue weighted by Gasteiger charge is 2.03. The predicted octanol–water partition coefficient (Wildman–Crippen LogP) is 5.13. The molecule has 0 unspecified atom stereocenters. The SMILES string of the molecule is N#Cc1ccc(Sc2ccc(Cl)cc2)c(Br)c1. The number of benzene rings is 2. The van der Waals surface area contributed by atoms with Crippen LogP contribution >= 0.6 is 39.3 Å². The molecule has 0 saturated carbocycles. The minimum absolute atomic E-state index is 0.650. The first-order valence-electron chi connectivity index (χ1n) is 4.82. The van der Waals surface area contributed by atoms with Gasteiger partial charge in [0.05, 0.1) is 11.6 Å². The Hall–Kier alpha value is -0.950. The minimum Gasteiger partial charge on any atom is -0.192 e. The molecule has 0 saturated heterocycles. The first kappa shape index (κ1) is 12.5. The van der Waals surface area contributed by atoms with Crippen LogP contribution in [-0.4, -0.2) is 0 Å². The van der Waals surface area contributed by atoms with E-state index in [-0.39, 0.29) is 0 Å². The Morgan fingerprint density at radius 3 is 2.41 bits per heavy atom. The Labute approximate surface area is 118 Å². The molecule has 0 atom stereocenters. The molecule has 0 fully saturated rings. The molecule has 2 rings (SSSR count). The third-order valence-electron chi connectivity index (χ3n) is 2.10. The zero-order valence-corrected chi connectivity index (χ0v) is 11.8. The maximum Gasteiger partial charge on any atom is 0.0992 e. The van der Waals surface area contributed by atoms with Gasteiger partial charge in [-0.15, -0.1) is 0 Å². The first-order valence-corrected chi connectivity index (χ1v) is 6.81. The van der Waals surface area contributed by atoms with Crippen LogP contribution in [0, 0.1) is 11.3 Å². The maximum absolute atomic E-state index is 8.78. The van der Waals surface area contributed by atoms with Crippen LogP contribution in [0.5, 0.6) is 0 Å². The highest BCUT2D eigenvalue weighted by atomic mass is 79.9. The summed E-state index contributed by atoms with van der Waals surface area (Å²) >= 11 is 10.9. The monoisotopic (exact) mass is 323 g/mol. The van der Waals surface area contributed by atoms with E-state index in [1.165, 1.54) is 0 Å². The van der Waals surface area contributed by atoms with Crippen molar-refractivity contribution in [3.63, 3.8) is 0 Å². The number of halogens is 2. The van der Waals surface area contributed by atoms with E-state index in [9.17, 15) is 0 Å². The molecule has 4 heteroatoms. The van der Waals surface area contributed by atoms with Gasteiger partial charge in [0.25, 0.3) is 0 Å². The van der Waals surface area contributed by atoms with Crippen LogP contribution < -0.4 is 0 Å². The lowest BCUT2D eigenvalue weighted by Gasteiger charge is -2.04. The largest absolute Gasteiger partial charge is 0.192 e. The molecule has 17 heavy (non-hydrogen) atoms. The van der Waals surface area contributed by atoms with Crippen LogP contribution in [0.2, 0.25) is 5.02 Å². The van der Waals surface area contributed by atoms with Crippen LogP contribution in [0.1, 0.15) is 5.56 Å². The van der Waals surface area contributed by atoms with Gasteiger partial charge in [-0.1, -0.05) is 23.4 Å². The standard InChI is InChI=1S/C13H7BrClNS/c14-12-7-9(8-16)1-6-13(12)17-11-4-2-10(15)3-5-11/h1-7H. The number of hydrogen-bond acceptors (Lipinski definition) is 2. The van der Waals surface area contributed by atoms with E-state index in [1.807, 2.05) is 42.5 Å². The molecule has 0 aliphatic carbocycles. The molecule has 0 spiro atoms. The van der Waals surface area contributed by atoms with Crippen molar-refractivity contribution in [3.8, 4) is 6.07 Å². The van der Waals surface area contributed by atoms with Gasteiger partial charge in [0, 0.05) is 19.3 Å². The first-order chi connectivity index (χ1) is 8.19. The summed E-state index contributed by atoms with van der Waals surface area (Å²) in [5.41, 5.74) is 0.650. The second-order valence-electron chi connectivity index (χ2n) is 3.31. The summed E-state index contributed by atoms with van der Waals surface area (Å²) in [5, 5.41) is 9.51. The van der Waals surface area contributed by atoms with Crippen molar-refractivity contribution in [1.82, 2.24) is 0 Å². The Morgan fingerprint density at radius 2 is 1.82 bits per heavy atom. The summed E-state index contributed by atoms with van der Waals surface area (Å²) in [7, 11) is 0. The molecule has 0 heterocycles. The zero-order chi connectivity index (χ0) is 12.3. The fourth-order valence-electron chi connectivity index (χ4n) is 1.28. The van der Waals surface area contributed by atoms with Crippen LogP contribution in [0.25, 0.3) is 0 Å². The zero-order valence-electron chi connectivity index (χ0n) is 8.65. The van der Waals surface area contributed by atoms with Crippen molar-refractivity contribution >= 4 is 39.3 Å². The van der Waals surface area contributed by atoms with E-state index in [2.05, 4.69) is 22.0 Å². The van der Waals surface area contributed by atoms with Crippen LogP contribution in [0.15, 0.2) is 56.7 Å². The summed E-state index contributed by atoms with van der Waals surface area (Å²) in [6.45, 7) is 0. The number of rotatable bonds is 2. The van der Waals surface area contributed by atoms with Gasteiger partial charge in [0.2, 0.25) is 0 Å². The molecule has 0 aliphatic rings. The van der Waals surface area contributed by atoms with Crippen molar-refractivity contribution in [2.75, 3.05) is 0 Å². The maximum atomic E-state index is 8.78. The second-order valence-corrected chi connectivity index (χ2v) is 5.72. The molecule has 0 aliphatic heterocycles. The molecule has 1 nitrogen and oxygen atoms in total. The van der Waals surface area contributed by atoms with Gasteiger partial charge >= 0.3 is 0 Å². The van der Waals surface area contributed by atoms with E-state index in [4.69, 9.17) is 16.9 Å². The van der Waals surface area contributed by atoms with Crippen LogP contribution in [0.4, 0.5) is 0 Å². The Bertz CT molecular complexity index is 575. The van der Waals surface area contributed by atoms with Crippen molar-refractivity contribution in [3.05, 3.63) is 57.5 Å². The predicted molar refractivity (Wildman–Crippen MR) is 74.4 cm³/mol. The van der Waals surface area contributed by atoms with E-state index >= 15 is 0 Å². The van der Waals surface area contributed by atoms with Crippen molar-refractivity contribution in [1.29, 1.82) is 5.26 Å². The van der Waals surface area contributed by atoms with Gasteiger partial charge in [0.1, 0.15) is 0 Å². The molecule has 0 radical (unpaired) electrons. The summed E-state index contributed by atoms with van der Waals surface area (Å²) in [4.78, 5) is 2.19. The normalized spacial score (nSPS) is 9.94. The summed E-state index contributed by atoms with van der Waals surface area (Å²) < 4.78 is 0.927. The van der Waals surface area contributed by atoms with Crippen molar-refractivity contribution < 1.29 is 0 Å². The van der Waals surface area contributed by atoms with E-state index in [1.54, 1.807) is 11.8 Å². The topological polar surface area (TPSA) is 23.8 Å². The third-order valence-corrected chi connectivity index (χ3v) is 4.36. The van der Waals surface area contributed by atoms with Gasteiger partial charge in [-0.05, 0) is 58.4 Å². The molecular formula is C13H7BrClNS. The summed E-state index contributed by atoms with van der Waals surface area (Å²) in [6, 6.07) is 15.3. The smallest absolute Gasteiger partial charge is 0.0992 e. The van der Waals surface area contributed by atoms with Crippen LogP contribution in [-0.2, 0) is 0 Å².